The number of carbonyl (C=O) groups is 1. The van der Waals surface area contributed by atoms with E-state index in [9.17, 15) is 9.90 Å². The van der Waals surface area contributed by atoms with Crippen LogP contribution in [0.15, 0.2) is 48.5 Å². The normalized spacial score (nSPS) is 12.4. The molecule has 5 nitrogen and oxygen atoms in total. The van der Waals surface area contributed by atoms with Crippen LogP contribution in [0.25, 0.3) is 0 Å². The van der Waals surface area contributed by atoms with Crippen molar-refractivity contribution in [2.24, 2.45) is 0 Å². The Morgan fingerprint density at radius 2 is 1.62 bits per heavy atom. The zero-order valence-corrected chi connectivity index (χ0v) is 16.2. The molecule has 0 radical (unpaired) electrons. The zero-order chi connectivity index (χ0) is 19.3. The summed E-state index contributed by atoms with van der Waals surface area (Å²) >= 11 is 0. The van der Waals surface area contributed by atoms with Crippen LogP contribution in [-0.4, -0.2) is 31.8 Å². The van der Waals surface area contributed by atoms with Crippen LogP contribution >= 0.6 is 0 Å². The smallest absolute Gasteiger partial charge is 0.319 e. The van der Waals surface area contributed by atoms with E-state index in [0.29, 0.717) is 0 Å². The molecule has 0 bridgehead atoms. The van der Waals surface area contributed by atoms with E-state index in [0.717, 1.165) is 16.9 Å². The minimum atomic E-state index is -0.750. The maximum atomic E-state index is 12.0. The van der Waals surface area contributed by atoms with E-state index in [1.807, 2.05) is 67.5 Å². The van der Waals surface area contributed by atoms with Gasteiger partial charge >= 0.3 is 6.03 Å². The van der Waals surface area contributed by atoms with Crippen molar-refractivity contribution in [3.63, 3.8) is 0 Å². The molecule has 3 N–H and O–H groups in total. The molecule has 0 aliphatic heterocycles. The molecule has 2 aromatic carbocycles. The molecule has 2 amide bonds. The Morgan fingerprint density at radius 3 is 2.12 bits per heavy atom. The number of hydrogen-bond donors (Lipinski definition) is 3. The van der Waals surface area contributed by atoms with E-state index in [1.165, 1.54) is 5.56 Å². The Labute approximate surface area is 156 Å². The molecule has 26 heavy (non-hydrogen) atoms. The van der Waals surface area contributed by atoms with Crippen LogP contribution in [0.3, 0.4) is 0 Å². The molecular weight excluding hydrogens is 326 g/mol. The van der Waals surface area contributed by atoms with Gasteiger partial charge in [0.1, 0.15) is 0 Å². The molecule has 0 aromatic heterocycles. The highest BCUT2D eigenvalue weighted by Crippen LogP contribution is 2.23. The van der Waals surface area contributed by atoms with Crippen LogP contribution in [-0.2, 0) is 5.41 Å². The van der Waals surface area contributed by atoms with Gasteiger partial charge < -0.3 is 20.6 Å². The summed E-state index contributed by atoms with van der Waals surface area (Å²) in [6.45, 7) is 6.59. The summed E-state index contributed by atoms with van der Waals surface area (Å²) in [5.74, 6) is 0. The summed E-state index contributed by atoms with van der Waals surface area (Å²) in [6, 6.07) is 15.1. The van der Waals surface area contributed by atoms with Crippen LogP contribution in [0.5, 0.6) is 0 Å². The first-order valence-electron chi connectivity index (χ1n) is 8.77. The molecule has 0 aliphatic carbocycles. The molecule has 0 spiro atoms. The SMILES string of the molecule is CN(C)c1ccc(C(O)CNC(=O)Nc2ccc(C(C)(C)C)cc2)cc1. The van der Waals surface area contributed by atoms with Gasteiger partial charge in [0.2, 0.25) is 0 Å². The van der Waals surface area contributed by atoms with Gasteiger partial charge in [-0.25, -0.2) is 4.79 Å². The molecule has 2 aromatic rings. The van der Waals surface area contributed by atoms with E-state index in [2.05, 4.69) is 31.4 Å². The standard InChI is InChI=1S/C21H29N3O2/c1-21(2,3)16-8-10-17(11-9-16)23-20(26)22-14-19(25)15-6-12-18(13-7-15)24(4)5/h6-13,19,25H,14H2,1-5H3,(H2,22,23,26). The fourth-order valence-electron chi connectivity index (χ4n) is 2.53. The highest BCUT2D eigenvalue weighted by Gasteiger charge is 2.14. The van der Waals surface area contributed by atoms with Gasteiger partial charge in [-0.3, -0.25) is 0 Å². The summed E-state index contributed by atoms with van der Waals surface area (Å²) in [5, 5.41) is 15.7. The molecule has 0 fully saturated rings. The number of carbonyl (C=O) groups excluding carboxylic acids is 1. The minimum Gasteiger partial charge on any atom is -0.387 e. The van der Waals surface area contributed by atoms with Crippen molar-refractivity contribution in [2.75, 3.05) is 30.9 Å². The van der Waals surface area contributed by atoms with Gasteiger partial charge in [0.05, 0.1) is 6.10 Å². The summed E-state index contributed by atoms with van der Waals surface area (Å²) in [5.41, 5.74) is 3.84. The lowest BCUT2D eigenvalue weighted by Crippen LogP contribution is -2.32. The van der Waals surface area contributed by atoms with E-state index >= 15 is 0 Å². The van der Waals surface area contributed by atoms with Crippen molar-refractivity contribution < 1.29 is 9.90 Å². The zero-order valence-electron chi connectivity index (χ0n) is 16.2. The summed E-state index contributed by atoms with van der Waals surface area (Å²) in [4.78, 5) is 14.0. The fraction of sp³-hybridized carbons (Fsp3) is 0.381. The van der Waals surface area contributed by atoms with Crippen LogP contribution < -0.4 is 15.5 Å². The van der Waals surface area contributed by atoms with Crippen LogP contribution in [0.2, 0.25) is 0 Å². The van der Waals surface area contributed by atoms with Gasteiger partial charge in [0.25, 0.3) is 0 Å². The van der Waals surface area contributed by atoms with Gasteiger partial charge in [-0.1, -0.05) is 45.0 Å². The monoisotopic (exact) mass is 355 g/mol. The van der Waals surface area contributed by atoms with E-state index in [1.54, 1.807) is 0 Å². The van der Waals surface area contributed by atoms with Gasteiger partial charge in [0.15, 0.2) is 0 Å². The first-order valence-corrected chi connectivity index (χ1v) is 8.77. The number of anilines is 2. The average molecular weight is 355 g/mol. The Kier molecular flexibility index (Phi) is 6.27. The second-order valence-electron chi connectivity index (χ2n) is 7.66. The van der Waals surface area contributed by atoms with Gasteiger partial charge in [-0.05, 0) is 40.8 Å². The predicted octanol–water partition coefficient (Wildman–Crippen LogP) is 3.91. The molecule has 2 rings (SSSR count). The first-order chi connectivity index (χ1) is 12.2. The Balaban J connectivity index is 1.86. The molecule has 0 heterocycles. The van der Waals surface area contributed by atoms with Crippen LogP contribution in [0.4, 0.5) is 16.2 Å². The third-order valence-electron chi connectivity index (χ3n) is 4.26. The van der Waals surface area contributed by atoms with Crippen molar-refractivity contribution >= 4 is 17.4 Å². The molecule has 5 heteroatoms. The molecule has 1 atom stereocenters. The van der Waals surface area contributed by atoms with Crippen molar-refractivity contribution in [3.8, 4) is 0 Å². The topological polar surface area (TPSA) is 64.6 Å². The lowest BCUT2D eigenvalue weighted by Gasteiger charge is -2.19. The molecule has 0 saturated heterocycles. The van der Waals surface area contributed by atoms with E-state index < -0.39 is 6.10 Å². The van der Waals surface area contributed by atoms with E-state index in [-0.39, 0.29) is 18.0 Å². The second-order valence-corrected chi connectivity index (χ2v) is 7.66. The predicted molar refractivity (Wildman–Crippen MR) is 108 cm³/mol. The Hall–Kier alpha value is -2.53. The summed E-state index contributed by atoms with van der Waals surface area (Å²) in [7, 11) is 3.93. The van der Waals surface area contributed by atoms with Crippen LogP contribution in [0, 0.1) is 0 Å². The van der Waals surface area contributed by atoms with E-state index in [4.69, 9.17) is 0 Å². The Morgan fingerprint density at radius 1 is 1.04 bits per heavy atom. The molecular formula is C21H29N3O2. The number of amides is 2. The summed E-state index contributed by atoms with van der Waals surface area (Å²) in [6.07, 6.45) is -0.750. The number of nitrogens with one attached hydrogen (secondary N) is 2. The lowest BCUT2D eigenvalue weighted by atomic mass is 9.87. The molecule has 1 unspecified atom stereocenters. The number of urea groups is 1. The minimum absolute atomic E-state index is 0.0764. The molecule has 0 aliphatic rings. The quantitative estimate of drug-likeness (QED) is 0.762. The maximum Gasteiger partial charge on any atom is 0.319 e. The van der Waals surface area contributed by atoms with Gasteiger partial charge in [-0.2, -0.15) is 0 Å². The third-order valence-corrected chi connectivity index (χ3v) is 4.26. The number of aliphatic hydroxyl groups excluding tert-OH is 1. The number of rotatable bonds is 5. The van der Waals surface area contributed by atoms with Gasteiger partial charge in [-0.15, -0.1) is 0 Å². The summed E-state index contributed by atoms with van der Waals surface area (Å²) < 4.78 is 0. The van der Waals surface area contributed by atoms with Crippen molar-refractivity contribution in [1.82, 2.24) is 5.32 Å². The molecule has 0 saturated carbocycles. The van der Waals surface area contributed by atoms with Crippen LogP contribution in [0.1, 0.15) is 38.0 Å². The van der Waals surface area contributed by atoms with Crippen molar-refractivity contribution in [2.45, 2.75) is 32.3 Å². The number of hydrogen-bond acceptors (Lipinski definition) is 3. The average Bonchev–Trinajstić information content (AvgIpc) is 2.59. The third kappa shape index (κ3) is 5.49. The molecule has 140 valence electrons. The number of aliphatic hydroxyl groups is 1. The largest absolute Gasteiger partial charge is 0.387 e. The highest BCUT2D eigenvalue weighted by molar-refractivity contribution is 5.89. The lowest BCUT2D eigenvalue weighted by molar-refractivity contribution is 0.175. The number of nitrogens with zero attached hydrogens (tertiary/aromatic N) is 1. The van der Waals surface area contributed by atoms with Crippen molar-refractivity contribution in [3.05, 3.63) is 59.7 Å². The van der Waals surface area contributed by atoms with Crippen molar-refractivity contribution in [1.29, 1.82) is 0 Å². The highest BCUT2D eigenvalue weighted by atomic mass is 16.3. The van der Waals surface area contributed by atoms with Gasteiger partial charge in [0, 0.05) is 32.0 Å². The maximum absolute atomic E-state index is 12.0. The second kappa shape index (κ2) is 8.23. The Bertz CT molecular complexity index is 716. The first kappa shape index (κ1) is 19.8. The fourth-order valence-corrected chi connectivity index (χ4v) is 2.53. The number of benzene rings is 2.